The number of allylic oxidation sites excluding steroid dienone is 1. The maximum Gasteiger partial charge on any atom is 0.255 e. The summed E-state index contributed by atoms with van der Waals surface area (Å²) in [6.45, 7) is 4.99. The minimum atomic E-state index is -2.76. The number of primary amides is 1. The molecular weight excluding hydrogens is 537 g/mol. The van der Waals surface area contributed by atoms with Gasteiger partial charge in [0.1, 0.15) is 34.9 Å². The number of carbonyl (C=O) groups is 4. The molecule has 0 unspecified atom stereocenters. The number of aldehydes is 1. The van der Waals surface area contributed by atoms with E-state index in [0.29, 0.717) is 13.1 Å². The van der Waals surface area contributed by atoms with E-state index in [4.69, 9.17) is 5.73 Å². The van der Waals surface area contributed by atoms with E-state index in [1.54, 1.807) is 0 Å². The number of aliphatic hydroxyl groups is 3. The van der Waals surface area contributed by atoms with Gasteiger partial charge < -0.3 is 31.0 Å². The van der Waals surface area contributed by atoms with Gasteiger partial charge in [-0.05, 0) is 44.8 Å². The molecule has 3 aliphatic rings. The Hall–Kier alpha value is -3.61. The minimum absolute atomic E-state index is 0.0574. The number of amides is 1. The van der Waals surface area contributed by atoms with E-state index in [9.17, 15) is 39.6 Å². The molecule has 6 N–H and O–H groups in total. The Balaban J connectivity index is 1.83. The lowest BCUT2D eigenvalue weighted by Crippen LogP contribution is -2.63. The van der Waals surface area contributed by atoms with Crippen LogP contribution in [-0.2, 0) is 27.3 Å². The fraction of sp³-hybridized carbons (Fsp3) is 0.517. The first kappa shape index (κ1) is 30.4. The molecule has 1 amide bonds. The number of benzene rings is 1. The molecule has 3 aliphatic carbocycles. The molecular formula is C29H36FN3O8. The highest BCUT2D eigenvalue weighted by Crippen LogP contribution is 2.52. The van der Waals surface area contributed by atoms with E-state index in [-0.39, 0.29) is 54.0 Å². The van der Waals surface area contributed by atoms with Crippen LogP contribution in [0.2, 0.25) is 0 Å². The molecule has 0 spiro atoms. The van der Waals surface area contributed by atoms with Crippen molar-refractivity contribution in [2.75, 3.05) is 27.2 Å². The number of halogens is 1. The zero-order valence-electron chi connectivity index (χ0n) is 23.5. The molecule has 0 radical (unpaired) electrons. The Morgan fingerprint density at radius 1 is 1.24 bits per heavy atom. The molecule has 0 heterocycles. The lowest BCUT2D eigenvalue weighted by atomic mass is 9.58. The van der Waals surface area contributed by atoms with E-state index in [0.717, 1.165) is 12.4 Å². The predicted molar refractivity (Wildman–Crippen MR) is 144 cm³/mol. The van der Waals surface area contributed by atoms with E-state index < -0.39 is 69.6 Å². The second-order valence-electron chi connectivity index (χ2n) is 11.8. The fourth-order valence-electron chi connectivity index (χ4n) is 6.70. The lowest BCUT2D eigenvalue weighted by molar-refractivity contribution is -0.148. The number of phenolic OH excluding ortho intramolecular Hbond substituents is 1. The summed E-state index contributed by atoms with van der Waals surface area (Å²) < 4.78 is 16.0. The number of aliphatic hydroxyl groups excluding tert-OH is 2. The monoisotopic (exact) mass is 573 g/mol. The van der Waals surface area contributed by atoms with Gasteiger partial charge in [-0.15, -0.1) is 0 Å². The zero-order chi connectivity index (χ0) is 30.5. The summed E-state index contributed by atoms with van der Waals surface area (Å²) >= 11 is 0. The molecule has 0 saturated heterocycles. The number of ketones is 2. The molecule has 4 rings (SSSR count). The van der Waals surface area contributed by atoms with E-state index in [1.807, 2.05) is 18.7 Å². The van der Waals surface area contributed by atoms with Gasteiger partial charge in [-0.1, -0.05) is 13.8 Å². The summed E-state index contributed by atoms with van der Waals surface area (Å²) in [4.78, 5) is 53.4. The summed E-state index contributed by atoms with van der Waals surface area (Å²) in [5.74, 6) is -8.33. The van der Waals surface area contributed by atoms with Crippen LogP contribution in [0.4, 0.5) is 4.39 Å². The third-order valence-corrected chi connectivity index (χ3v) is 8.31. The molecule has 0 aliphatic heterocycles. The van der Waals surface area contributed by atoms with Crippen molar-refractivity contribution in [1.82, 2.24) is 9.80 Å². The van der Waals surface area contributed by atoms with Gasteiger partial charge in [0.2, 0.25) is 5.78 Å². The van der Waals surface area contributed by atoms with Crippen molar-refractivity contribution < 1.29 is 44.0 Å². The number of carbonyl (C=O) groups excluding carboxylic acids is 4. The average Bonchev–Trinajstić information content (AvgIpc) is 2.86. The highest BCUT2D eigenvalue weighted by molar-refractivity contribution is 6.24. The smallest absolute Gasteiger partial charge is 0.255 e. The van der Waals surface area contributed by atoms with E-state index in [2.05, 4.69) is 0 Å². The molecule has 1 aromatic carbocycles. The van der Waals surface area contributed by atoms with Gasteiger partial charge in [-0.25, -0.2) is 4.39 Å². The molecule has 41 heavy (non-hydrogen) atoms. The summed E-state index contributed by atoms with van der Waals surface area (Å²) in [5, 5.41) is 44.7. The van der Waals surface area contributed by atoms with Crippen LogP contribution in [0.1, 0.15) is 48.2 Å². The summed E-state index contributed by atoms with van der Waals surface area (Å²) in [6, 6.07) is 0.00525. The molecule has 222 valence electrons. The Kier molecular flexibility index (Phi) is 8.14. The highest BCUT2D eigenvalue weighted by Gasteiger charge is 2.63. The minimum Gasteiger partial charge on any atom is -0.510 e. The molecule has 0 fully saturated rings. The van der Waals surface area contributed by atoms with Crippen LogP contribution < -0.4 is 5.73 Å². The highest BCUT2D eigenvalue weighted by atomic mass is 19.1. The number of rotatable bonds is 9. The van der Waals surface area contributed by atoms with Gasteiger partial charge in [-0.3, -0.25) is 24.2 Å². The maximum atomic E-state index is 16.0. The summed E-state index contributed by atoms with van der Waals surface area (Å²) in [6.07, 6.45) is 0.747. The Labute approximate surface area is 236 Å². The fourth-order valence-corrected chi connectivity index (χ4v) is 6.70. The Bertz CT molecular complexity index is 1380. The van der Waals surface area contributed by atoms with Gasteiger partial charge in [0.05, 0.1) is 11.6 Å². The number of phenols is 1. The Morgan fingerprint density at radius 2 is 1.90 bits per heavy atom. The number of nitrogens with two attached hydrogens (primary N) is 1. The normalized spacial score (nSPS) is 26.0. The van der Waals surface area contributed by atoms with Crippen LogP contribution in [0.25, 0.3) is 0 Å². The average molecular weight is 574 g/mol. The standard InChI is InChI=1S/C29H36FN3O8/c1-13(2)11-33(6-5-7-34)12-15-10-18(35)20-16(22(15)30)8-14-9-17-23(32(3)4)25(37)21(28(31)40)27(39)29(17,41)26(38)19(14)24(20)36/h7,10,13-14,17,23,35,37-38,41H,5-6,8-9,11-12H2,1-4H3,(H2,31,40)/t14-,17-,23-,29-/m0/s1. The van der Waals surface area contributed by atoms with Crippen molar-refractivity contribution in [3.8, 4) is 5.75 Å². The summed E-state index contributed by atoms with van der Waals surface area (Å²) in [5.41, 5.74) is 1.03. The molecule has 0 bridgehead atoms. The van der Waals surface area contributed by atoms with Crippen molar-refractivity contribution in [2.45, 2.75) is 51.3 Å². The van der Waals surface area contributed by atoms with Gasteiger partial charge >= 0.3 is 0 Å². The number of fused-ring (bicyclic) bond motifs is 3. The van der Waals surface area contributed by atoms with Crippen LogP contribution in [-0.4, -0.2) is 92.8 Å². The van der Waals surface area contributed by atoms with Crippen molar-refractivity contribution in [3.05, 3.63) is 51.2 Å². The largest absolute Gasteiger partial charge is 0.510 e. The lowest BCUT2D eigenvalue weighted by Gasteiger charge is -2.50. The van der Waals surface area contributed by atoms with Gasteiger partial charge in [0.25, 0.3) is 5.91 Å². The molecule has 1 aromatic rings. The van der Waals surface area contributed by atoms with E-state index in [1.165, 1.54) is 19.0 Å². The SMILES string of the molecule is CC(C)CN(CCC=O)Cc1cc(O)c2c(c1F)C[C@H]1C[C@H]3[C@H](N(C)C)C(O)=C(C(N)=O)C(=O)[C@@]3(O)C(O)=C1C2=O. The molecule has 12 heteroatoms. The maximum absolute atomic E-state index is 16.0. The number of hydrogen-bond acceptors (Lipinski definition) is 10. The molecule has 0 aromatic heterocycles. The number of Topliss-reactive ketones (excluding diaryl/α,β-unsaturated/α-hetero) is 2. The van der Waals surface area contributed by atoms with Crippen LogP contribution in [0.3, 0.4) is 0 Å². The van der Waals surface area contributed by atoms with Crippen molar-refractivity contribution in [1.29, 1.82) is 0 Å². The third kappa shape index (κ3) is 4.83. The van der Waals surface area contributed by atoms with Crippen LogP contribution in [0, 0.1) is 23.6 Å². The number of nitrogens with zero attached hydrogens (tertiary/aromatic N) is 2. The third-order valence-electron chi connectivity index (χ3n) is 8.31. The van der Waals surface area contributed by atoms with E-state index >= 15 is 4.39 Å². The molecule has 0 saturated carbocycles. The van der Waals surface area contributed by atoms with Crippen LogP contribution in [0.5, 0.6) is 5.75 Å². The first-order valence-electron chi connectivity index (χ1n) is 13.5. The van der Waals surface area contributed by atoms with Gasteiger partial charge in [0, 0.05) is 48.7 Å². The van der Waals surface area contributed by atoms with Crippen molar-refractivity contribution >= 4 is 23.8 Å². The number of likely N-dealkylation sites (N-methyl/N-ethyl adjacent to an activating group) is 1. The second-order valence-corrected chi connectivity index (χ2v) is 11.8. The van der Waals surface area contributed by atoms with Crippen molar-refractivity contribution in [2.24, 2.45) is 23.5 Å². The predicted octanol–water partition coefficient (Wildman–Crippen LogP) is 1.31. The van der Waals surface area contributed by atoms with Gasteiger partial charge in [-0.2, -0.15) is 0 Å². The molecule has 11 nitrogen and oxygen atoms in total. The van der Waals surface area contributed by atoms with Crippen LogP contribution in [0.15, 0.2) is 28.7 Å². The first-order valence-corrected chi connectivity index (χ1v) is 13.5. The van der Waals surface area contributed by atoms with Gasteiger partial charge in [0.15, 0.2) is 11.4 Å². The molecule has 4 atom stereocenters. The second kappa shape index (κ2) is 11.0. The van der Waals surface area contributed by atoms with Crippen molar-refractivity contribution in [3.63, 3.8) is 0 Å². The number of aromatic hydroxyl groups is 1. The topological polar surface area (TPSA) is 182 Å². The quantitative estimate of drug-likeness (QED) is 0.213. The summed E-state index contributed by atoms with van der Waals surface area (Å²) in [7, 11) is 3.07. The first-order chi connectivity index (χ1) is 19.2. The Morgan fingerprint density at radius 3 is 2.46 bits per heavy atom. The van der Waals surface area contributed by atoms with Crippen LogP contribution >= 0.6 is 0 Å². The number of hydrogen-bond donors (Lipinski definition) is 5. The zero-order valence-corrected chi connectivity index (χ0v) is 23.5.